The van der Waals surface area contributed by atoms with Crippen molar-refractivity contribution in [3.63, 3.8) is 0 Å². The first-order valence-electron chi connectivity index (χ1n) is 4.10. The Morgan fingerprint density at radius 1 is 1.27 bits per heavy atom. The van der Waals surface area contributed by atoms with Crippen LogP contribution >= 0.6 is 0 Å². The molecule has 0 aliphatic heterocycles. The average molecular weight is 220 g/mol. The van der Waals surface area contributed by atoms with Gasteiger partial charge in [0.25, 0.3) is 0 Å². The number of carboxylic acids is 2. The number of carbonyl (C=O) groups excluding carboxylic acids is 1. The number of rotatable bonds is 7. The largest absolute Gasteiger partial charge is 0.481 e. The SMILES string of the molecule is COCC(=O)O[C@H](CCC(=O)O)C(=O)O. The summed E-state index contributed by atoms with van der Waals surface area (Å²) in [5.74, 6) is -3.36. The molecule has 0 aliphatic rings. The zero-order valence-electron chi connectivity index (χ0n) is 8.13. The lowest BCUT2D eigenvalue weighted by Crippen LogP contribution is -2.29. The molecule has 0 saturated heterocycles. The van der Waals surface area contributed by atoms with Crippen LogP contribution in [0.15, 0.2) is 0 Å². The number of hydrogen-bond donors (Lipinski definition) is 2. The Balaban J connectivity index is 4.10. The normalized spacial score (nSPS) is 11.8. The number of carboxylic acid groups (broad SMARTS) is 2. The molecule has 0 radical (unpaired) electrons. The Bertz CT molecular complexity index is 247. The number of esters is 1. The number of aliphatic carboxylic acids is 2. The summed E-state index contributed by atoms with van der Waals surface area (Å²) in [6.07, 6.45) is -2.08. The van der Waals surface area contributed by atoms with Gasteiger partial charge in [-0.15, -0.1) is 0 Å². The van der Waals surface area contributed by atoms with E-state index >= 15 is 0 Å². The first kappa shape index (κ1) is 13.4. The van der Waals surface area contributed by atoms with Crippen molar-refractivity contribution in [2.45, 2.75) is 18.9 Å². The van der Waals surface area contributed by atoms with E-state index in [-0.39, 0.29) is 19.4 Å². The van der Waals surface area contributed by atoms with E-state index in [9.17, 15) is 14.4 Å². The minimum absolute atomic E-state index is 0.264. The van der Waals surface area contributed by atoms with Crippen LogP contribution in [0.5, 0.6) is 0 Å². The highest BCUT2D eigenvalue weighted by Crippen LogP contribution is 2.03. The molecule has 0 aromatic carbocycles. The summed E-state index contributed by atoms with van der Waals surface area (Å²) in [7, 11) is 1.26. The van der Waals surface area contributed by atoms with E-state index in [2.05, 4.69) is 9.47 Å². The van der Waals surface area contributed by atoms with E-state index < -0.39 is 24.0 Å². The van der Waals surface area contributed by atoms with Crippen LogP contribution in [0, 0.1) is 0 Å². The van der Waals surface area contributed by atoms with Crippen molar-refractivity contribution in [1.29, 1.82) is 0 Å². The maximum Gasteiger partial charge on any atom is 0.345 e. The number of ether oxygens (including phenoxy) is 2. The fourth-order valence-electron chi connectivity index (χ4n) is 0.798. The first-order valence-corrected chi connectivity index (χ1v) is 4.10. The summed E-state index contributed by atoms with van der Waals surface area (Å²) in [4.78, 5) is 31.6. The molecule has 0 spiro atoms. The fraction of sp³-hybridized carbons (Fsp3) is 0.625. The van der Waals surface area contributed by atoms with Crippen LogP contribution in [0.4, 0.5) is 0 Å². The molecule has 2 N–H and O–H groups in total. The van der Waals surface area contributed by atoms with E-state index in [1.54, 1.807) is 0 Å². The topological polar surface area (TPSA) is 110 Å². The summed E-state index contributed by atoms with van der Waals surface area (Å²) in [5.41, 5.74) is 0. The third kappa shape index (κ3) is 6.44. The van der Waals surface area contributed by atoms with Gasteiger partial charge >= 0.3 is 17.9 Å². The third-order valence-electron chi connectivity index (χ3n) is 1.43. The van der Waals surface area contributed by atoms with Crippen molar-refractivity contribution in [3.05, 3.63) is 0 Å². The molecule has 0 aromatic rings. The molecule has 1 atom stereocenters. The summed E-state index contributed by atoms with van der Waals surface area (Å²) in [6, 6.07) is 0. The molecule has 0 bridgehead atoms. The van der Waals surface area contributed by atoms with Crippen molar-refractivity contribution in [3.8, 4) is 0 Å². The zero-order valence-corrected chi connectivity index (χ0v) is 8.13. The molecule has 86 valence electrons. The lowest BCUT2D eigenvalue weighted by Gasteiger charge is -2.11. The second-order valence-electron chi connectivity index (χ2n) is 2.68. The molecule has 7 heteroatoms. The van der Waals surface area contributed by atoms with Crippen LogP contribution in [0.2, 0.25) is 0 Å². The monoisotopic (exact) mass is 220 g/mol. The molecule has 0 aliphatic carbocycles. The zero-order chi connectivity index (χ0) is 11.8. The molecule has 0 heterocycles. The second-order valence-corrected chi connectivity index (χ2v) is 2.68. The van der Waals surface area contributed by atoms with E-state index in [0.29, 0.717) is 0 Å². The number of carbonyl (C=O) groups is 3. The highest BCUT2D eigenvalue weighted by atomic mass is 16.6. The molecule has 0 rings (SSSR count). The number of hydrogen-bond acceptors (Lipinski definition) is 5. The minimum Gasteiger partial charge on any atom is -0.481 e. The van der Waals surface area contributed by atoms with Crippen molar-refractivity contribution in [2.24, 2.45) is 0 Å². The van der Waals surface area contributed by atoms with Crippen LogP contribution in [-0.4, -0.2) is 47.9 Å². The molecule has 0 saturated carbocycles. The highest BCUT2D eigenvalue weighted by molar-refractivity contribution is 5.79. The highest BCUT2D eigenvalue weighted by Gasteiger charge is 2.22. The lowest BCUT2D eigenvalue weighted by atomic mass is 10.2. The molecule has 0 aromatic heterocycles. The van der Waals surface area contributed by atoms with Gasteiger partial charge in [0.05, 0.1) is 0 Å². The predicted octanol–water partition coefficient (Wildman–Crippen LogP) is -0.506. The van der Waals surface area contributed by atoms with Crippen molar-refractivity contribution >= 4 is 17.9 Å². The maximum absolute atomic E-state index is 10.8. The Labute approximate surface area is 85.6 Å². The van der Waals surface area contributed by atoms with Gasteiger partial charge in [-0.1, -0.05) is 0 Å². The first-order chi connectivity index (χ1) is 6.97. The predicted molar refractivity (Wildman–Crippen MR) is 46.3 cm³/mol. The summed E-state index contributed by atoms with van der Waals surface area (Å²) >= 11 is 0. The second kappa shape index (κ2) is 6.77. The van der Waals surface area contributed by atoms with Gasteiger partial charge in [-0.2, -0.15) is 0 Å². The summed E-state index contributed by atoms with van der Waals surface area (Å²) in [6.45, 7) is -0.364. The standard InChI is InChI=1S/C8H12O7/c1-14-4-7(11)15-5(8(12)13)2-3-6(9)10/h5H,2-4H2,1H3,(H,9,10)(H,12,13)/t5-/m1/s1. The average Bonchev–Trinajstić information content (AvgIpc) is 2.11. The number of methoxy groups -OCH3 is 1. The van der Waals surface area contributed by atoms with Gasteiger partial charge in [0.1, 0.15) is 6.61 Å². The molecule has 0 amide bonds. The van der Waals surface area contributed by atoms with Crippen LogP contribution < -0.4 is 0 Å². The molecule has 0 unspecified atom stereocenters. The molecule has 7 nitrogen and oxygen atoms in total. The van der Waals surface area contributed by atoms with Gasteiger partial charge in [-0.3, -0.25) is 4.79 Å². The van der Waals surface area contributed by atoms with Crippen LogP contribution in [0.3, 0.4) is 0 Å². The fourth-order valence-corrected chi connectivity index (χ4v) is 0.798. The molecular weight excluding hydrogens is 208 g/mol. The van der Waals surface area contributed by atoms with E-state index in [0.717, 1.165) is 0 Å². The maximum atomic E-state index is 10.8. The van der Waals surface area contributed by atoms with Crippen LogP contribution in [0.25, 0.3) is 0 Å². The van der Waals surface area contributed by atoms with Crippen LogP contribution in [0.1, 0.15) is 12.8 Å². The third-order valence-corrected chi connectivity index (χ3v) is 1.43. The minimum atomic E-state index is -1.44. The summed E-state index contributed by atoms with van der Waals surface area (Å²) in [5, 5.41) is 16.9. The van der Waals surface area contributed by atoms with Gasteiger partial charge in [0, 0.05) is 20.0 Å². The Morgan fingerprint density at radius 2 is 1.87 bits per heavy atom. The molecule has 0 fully saturated rings. The van der Waals surface area contributed by atoms with Gasteiger partial charge in [-0.25, -0.2) is 9.59 Å². The van der Waals surface area contributed by atoms with Crippen molar-refractivity contribution < 1.29 is 34.1 Å². The van der Waals surface area contributed by atoms with Gasteiger partial charge < -0.3 is 19.7 Å². The van der Waals surface area contributed by atoms with Crippen LogP contribution in [-0.2, 0) is 23.9 Å². The van der Waals surface area contributed by atoms with Gasteiger partial charge in [-0.05, 0) is 0 Å². The van der Waals surface area contributed by atoms with E-state index in [1.165, 1.54) is 7.11 Å². The quantitative estimate of drug-likeness (QED) is 0.556. The van der Waals surface area contributed by atoms with Crippen molar-refractivity contribution in [1.82, 2.24) is 0 Å². The Morgan fingerprint density at radius 3 is 2.27 bits per heavy atom. The molecule has 15 heavy (non-hydrogen) atoms. The lowest BCUT2D eigenvalue weighted by molar-refractivity contribution is -0.167. The molecular formula is C8H12O7. The Kier molecular flexibility index (Phi) is 6.03. The van der Waals surface area contributed by atoms with E-state index in [1.807, 2.05) is 0 Å². The smallest absolute Gasteiger partial charge is 0.345 e. The van der Waals surface area contributed by atoms with E-state index in [4.69, 9.17) is 10.2 Å². The van der Waals surface area contributed by atoms with Crippen molar-refractivity contribution in [2.75, 3.05) is 13.7 Å². The van der Waals surface area contributed by atoms with Gasteiger partial charge in [0.2, 0.25) is 0 Å². The van der Waals surface area contributed by atoms with Gasteiger partial charge in [0.15, 0.2) is 6.10 Å². The summed E-state index contributed by atoms with van der Waals surface area (Å²) < 4.78 is 8.90. The Hall–Kier alpha value is -1.63.